The molecule has 0 heterocycles. The maximum Gasteiger partial charge on any atom is 0.460 e. The van der Waals surface area contributed by atoms with Crippen LogP contribution in [0.3, 0.4) is 0 Å². The first kappa shape index (κ1) is 46.6. The quantitative estimate of drug-likeness (QED) is 0.0472. The Kier molecular flexibility index (Phi) is 15.4. The largest absolute Gasteiger partial charge is 0.460 e. The minimum atomic E-state index is -7.06. The summed E-state index contributed by atoms with van der Waals surface area (Å²) in [6, 6.07) is 0. The van der Waals surface area contributed by atoms with E-state index < -0.39 is 137 Å². The third-order valence-electron chi connectivity index (χ3n) is 6.25. The van der Waals surface area contributed by atoms with Gasteiger partial charge in [0.05, 0.1) is 11.5 Å². The predicted molar refractivity (Wildman–Crippen MR) is 127 cm³/mol. The van der Waals surface area contributed by atoms with Crippen molar-refractivity contribution in [1.29, 1.82) is 0 Å². The molecule has 0 saturated carbocycles. The van der Waals surface area contributed by atoms with Crippen LogP contribution in [0.1, 0.15) is 71.1 Å². The van der Waals surface area contributed by atoms with E-state index in [2.05, 4.69) is 8.37 Å². The molecule has 0 radical (unpaired) electrons. The Bertz CT molecular complexity index is 1140. The smallest absolute Gasteiger partial charge is 0.237 e. The third kappa shape index (κ3) is 11.8. The molecule has 48 heavy (non-hydrogen) atoms. The number of alkyl halides is 18. The van der Waals surface area contributed by atoms with Crippen LogP contribution in [0.5, 0.6) is 0 Å². The summed E-state index contributed by atoms with van der Waals surface area (Å²) >= 11 is 0. The summed E-state index contributed by atoms with van der Waals surface area (Å²) in [5.74, 6) is -41.3. The minimum absolute atomic E-state index is 0.387. The van der Waals surface area contributed by atoms with Gasteiger partial charge in [-0.2, -0.15) is 95.9 Å². The minimum Gasteiger partial charge on any atom is -0.237 e. The molecule has 0 amide bonds. The molecule has 0 aliphatic rings. The normalized spacial score (nSPS) is 15.4. The Morgan fingerprint density at radius 2 is 0.667 bits per heavy atom. The van der Waals surface area contributed by atoms with Crippen molar-refractivity contribution in [1.82, 2.24) is 0 Å². The van der Waals surface area contributed by atoms with Crippen molar-refractivity contribution in [3.8, 4) is 0 Å². The van der Waals surface area contributed by atoms with Gasteiger partial charge in [0.1, 0.15) is 0 Å². The lowest BCUT2D eigenvalue weighted by atomic mass is 9.98. The first-order valence-electron chi connectivity index (χ1n) is 13.2. The highest BCUT2D eigenvalue weighted by atomic mass is 32.2. The van der Waals surface area contributed by atoms with E-state index in [1.165, 1.54) is 0 Å². The first-order valence-corrected chi connectivity index (χ1v) is 16.4. The summed E-state index contributed by atoms with van der Waals surface area (Å²) in [7, 11) is -9.29. The molecule has 0 aromatic rings. The maximum atomic E-state index is 13.5. The molecule has 0 aromatic carbocycles. The van der Waals surface area contributed by atoms with Gasteiger partial charge < -0.3 is 0 Å². The molecule has 0 fully saturated rings. The second-order valence-electron chi connectivity index (χ2n) is 10.3. The lowest BCUT2D eigenvalue weighted by molar-refractivity contribution is -0.396. The number of unbranched alkanes of at least 4 members (excludes halogenated alkanes) is 6. The molecule has 290 valence electrons. The Balaban J connectivity index is 4.63. The highest BCUT2D eigenvalue weighted by Gasteiger charge is 2.82. The van der Waals surface area contributed by atoms with Crippen molar-refractivity contribution in [2.24, 2.45) is 0 Å². The Labute approximate surface area is 261 Å². The summed E-state index contributed by atoms with van der Waals surface area (Å²) in [4.78, 5) is 0. The van der Waals surface area contributed by atoms with Gasteiger partial charge in [-0.05, 0) is 32.6 Å². The van der Waals surface area contributed by atoms with Crippen molar-refractivity contribution in [2.45, 2.75) is 125 Å². The van der Waals surface area contributed by atoms with E-state index in [0.29, 0.717) is 0 Å². The van der Waals surface area contributed by atoms with E-state index in [1.807, 2.05) is 0 Å². The lowest BCUT2D eigenvalue weighted by Gasteiger charge is -2.33. The van der Waals surface area contributed by atoms with Crippen LogP contribution in [-0.4, -0.2) is 82.5 Å². The average Bonchev–Trinajstić information content (AvgIpc) is 2.85. The van der Waals surface area contributed by atoms with E-state index in [-0.39, 0.29) is 12.8 Å². The average molecular weight is 795 g/mol. The van der Waals surface area contributed by atoms with Crippen LogP contribution in [0.25, 0.3) is 0 Å². The summed E-state index contributed by atoms with van der Waals surface area (Å²) in [5, 5.41) is 0. The summed E-state index contributed by atoms with van der Waals surface area (Å²) in [6.45, 7) is 0.743. The Morgan fingerprint density at radius 3 is 0.917 bits per heavy atom. The van der Waals surface area contributed by atoms with Crippen molar-refractivity contribution >= 4 is 20.2 Å². The fourth-order valence-corrected chi connectivity index (χ4v) is 5.88. The molecule has 0 rings (SSSR count). The highest BCUT2D eigenvalue weighted by molar-refractivity contribution is 7.87. The topological polar surface area (TPSA) is 86.7 Å². The van der Waals surface area contributed by atoms with Crippen LogP contribution in [0, 0.1) is 0 Å². The van der Waals surface area contributed by atoms with E-state index in [0.717, 1.165) is 6.92 Å². The van der Waals surface area contributed by atoms with Gasteiger partial charge in [0.15, 0.2) is 6.29 Å². The molecular weight excluding hydrogens is 766 g/mol. The molecule has 0 unspecified atom stereocenters. The fourth-order valence-electron chi connectivity index (χ4n) is 3.61. The molecular formula is C22H28F18O6S2. The third-order valence-corrected chi connectivity index (χ3v) is 8.96. The zero-order chi connectivity index (χ0) is 38.5. The van der Waals surface area contributed by atoms with Crippen LogP contribution in [0.4, 0.5) is 79.0 Å². The number of halogens is 18. The van der Waals surface area contributed by atoms with E-state index in [1.54, 1.807) is 0 Å². The zero-order valence-corrected chi connectivity index (χ0v) is 25.8. The second kappa shape index (κ2) is 15.8. The summed E-state index contributed by atoms with van der Waals surface area (Å²) in [5.41, 5.74) is 0. The van der Waals surface area contributed by atoms with Gasteiger partial charge >= 0.3 is 47.9 Å². The fraction of sp³-hybridized carbons (Fsp3) is 1.00. The standard InChI is InChI=1S/C22H28F18O6S2/c1-14(45-47(41,42)12-8-4-2-6-10-15(23,24)17(27,28)19(31,32)21(35,36)37)46-48(43,44)13-9-5-3-7-11-16(25,26)18(29,30)20(33,34)22(38,39)40/h14H,2-13H2,1H3. The molecule has 0 spiro atoms. The SMILES string of the molecule is CC(OS(=O)(=O)CCCCCCC(F)(F)C(F)(F)C(F)(F)C(F)(F)F)OS(=O)(=O)CCCCCCC(F)(F)C(F)(F)C(F)(F)C(F)(F)F. The van der Waals surface area contributed by atoms with Gasteiger partial charge in [-0.15, -0.1) is 0 Å². The second-order valence-corrected chi connectivity index (χ2v) is 13.7. The van der Waals surface area contributed by atoms with E-state index in [4.69, 9.17) is 0 Å². The van der Waals surface area contributed by atoms with E-state index in [9.17, 15) is 95.9 Å². The van der Waals surface area contributed by atoms with Crippen LogP contribution >= 0.6 is 0 Å². The molecule has 0 atom stereocenters. The molecule has 6 nitrogen and oxygen atoms in total. The van der Waals surface area contributed by atoms with Gasteiger partial charge in [0, 0.05) is 12.8 Å². The van der Waals surface area contributed by atoms with Crippen molar-refractivity contribution < 1.29 is 104 Å². The Hall–Kier alpha value is -1.44. The van der Waals surface area contributed by atoms with Crippen molar-refractivity contribution in [3.05, 3.63) is 0 Å². The van der Waals surface area contributed by atoms with Gasteiger partial charge in [-0.25, -0.2) is 8.37 Å². The van der Waals surface area contributed by atoms with Crippen LogP contribution in [-0.2, 0) is 28.6 Å². The lowest BCUT2D eigenvalue weighted by Crippen LogP contribution is -2.60. The number of hydrogen-bond acceptors (Lipinski definition) is 6. The Morgan fingerprint density at radius 1 is 0.417 bits per heavy atom. The van der Waals surface area contributed by atoms with Crippen LogP contribution in [0.15, 0.2) is 0 Å². The van der Waals surface area contributed by atoms with Gasteiger partial charge in [0.25, 0.3) is 20.2 Å². The molecule has 0 aliphatic carbocycles. The molecule has 0 saturated heterocycles. The van der Waals surface area contributed by atoms with Gasteiger partial charge in [-0.1, -0.05) is 25.7 Å². The molecule has 0 aliphatic heterocycles. The first-order chi connectivity index (χ1) is 21.0. The van der Waals surface area contributed by atoms with Crippen LogP contribution in [0.2, 0.25) is 0 Å². The zero-order valence-electron chi connectivity index (χ0n) is 24.1. The summed E-state index contributed by atoms with van der Waals surface area (Å²) < 4.78 is 287. The van der Waals surface area contributed by atoms with Crippen molar-refractivity contribution in [2.75, 3.05) is 11.5 Å². The highest BCUT2D eigenvalue weighted by Crippen LogP contribution is 2.55. The molecule has 0 bridgehead atoms. The van der Waals surface area contributed by atoms with Crippen LogP contribution < -0.4 is 0 Å². The maximum absolute atomic E-state index is 13.5. The number of rotatable bonds is 22. The predicted octanol–water partition coefficient (Wildman–Crippen LogP) is 8.86. The van der Waals surface area contributed by atoms with Gasteiger partial charge in [0.2, 0.25) is 0 Å². The molecule has 0 N–H and O–H groups in total. The monoisotopic (exact) mass is 794 g/mol. The molecule has 26 heteroatoms. The number of hydrogen-bond donors (Lipinski definition) is 0. The van der Waals surface area contributed by atoms with Gasteiger partial charge in [-0.3, -0.25) is 0 Å². The summed E-state index contributed by atoms with van der Waals surface area (Å²) in [6.07, 6.45) is -25.2. The molecule has 0 aromatic heterocycles. The van der Waals surface area contributed by atoms with Crippen molar-refractivity contribution in [3.63, 3.8) is 0 Å². The van der Waals surface area contributed by atoms with E-state index >= 15 is 0 Å².